The Hall–Kier alpha value is -1.83. The van der Waals surface area contributed by atoms with Gasteiger partial charge in [0.1, 0.15) is 6.61 Å². The smallest absolute Gasteiger partial charge is 0.252 e. The number of nitrogens with one attached hydrogen (secondary N) is 1. The van der Waals surface area contributed by atoms with Gasteiger partial charge in [-0.1, -0.05) is 23.5 Å². The standard InChI is InChI=1S/C17H21NO3/c1-13-4-7-15(3-2-9-19)16(11-13)17(20)18-8-10-21-12-14-5-6-14/h4,7,11,14,19H,5-6,8-10,12H2,1H3,(H,18,20). The van der Waals surface area contributed by atoms with E-state index in [0.29, 0.717) is 24.3 Å². The van der Waals surface area contributed by atoms with Crippen LogP contribution in [0.3, 0.4) is 0 Å². The van der Waals surface area contributed by atoms with Gasteiger partial charge >= 0.3 is 0 Å². The molecule has 0 bridgehead atoms. The normalized spacial score (nSPS) is 13.4. The van der Waals surface area contributed by atoms with Gasteiger partial charge in [-0.2, -0.15) is 0 Å². The summed E-state index contributed by atoms with van der Waals surface area (Å²) < 4.78 is 5.49. The molecule has 0 heterocycles. The Morgan fingerprint density at radius 2 is 2.29 bits per heavy atom. The zero-order valence-corrected chi connectivity index (χ0v) is 12.3. The lowest BCUT2D eigenvalue weighted by Gasteiger charge is -2.08. The molecule has 0 saturated heterocycles. The molecule has 2 N–H and O–H groups in total. The SMILES string of the molecule is Cc1ccc(C#CCO)c(C(=O)NCCOCC2CC2)c1. The van der Waals surface area contributed by atoms with Crippen LogP contribution in [-0.4, -0.2) is 37.4 Å². The predicted octanol–water partition coefficient (Wildman–Crippen LogP) is 1.50. The van der Waals surface area contributed by atoms with Gasteiger partial charge in [-0.25, -0.2) is 0 Å². The van der Waals surface area contributed by atoms with E-state index >= 15 is 0 Å². The van der Waals surface area contributed by atoms with Gasteiger partial charge in [0.05, 0.1) is 12.2 Å². The van der Waals surface area contributed by atoms with Gasteiger partial charge in [0.25, 0.3) is 5.91 Å². The topological polar surface area (TPSA) is 58.6 Å². The van der Waals surface area contributed by atoms with Crippen molar-refractivity contribution in [3.05, 3.63) is 34.9 Å². The number of carbonyl (C=O) groups is 1. The van der Waals surface area contributed by atoms with Crippen molar-refractivity contribution in [1.29, 1.82) is 0 Å². The van der Waals surface area contributed by atoms with Gasteiger partial charge in [-0.15, -0.1) is 0 Å². The van der Waals surface area contributed by atoms with Crippen molar-refractivity contribution in [2.45, 2.75) is 19.8 Å². The van der Waals surface area contributed by atoms with Crippen LogP contribution in [-0.2, 0) is 4.74 Å². The van der Waals surface area contributed by atoms with Crippen LogP contribution in [0, 0.1) is 24.7 Å². The summed E-state index contributed by atoms with van der Waals surface area (Å²) in [6.45, 7) is 3.54. The lowest BCUT2D eigenvalue weighted by Crippen LogP contribution is -2.28. The molecular formula is C17H21NO3. The van der Waals surface area contributed by atoms with Crippen LogP contribution in [0.15, 0.2) is 18.2 Å². The van der Waals surface area contributed by atoms with E-state index in [1.165, 1.54) is 12.8 Å². The van der Waals surface area contributed by atoms with Crippen LogP contribution in [0.5, 0.6) is 0 Å². The third-order valence-electron chi connectivity index (χ3n) is 3.30. The highest BCUT2D eigenvalue weighted by Crippen LogP contribution is 2.28. The van der Waals surface area contributed by atoms with Gasteiger partial charge in [-0.3, -0.25) is 4.79 Å². The highest BCUT2D eigenvalue weighted by molar-refractivity contribution is 5.96. The molecule has 0 atom stereocenters. The van der Waals surface area contributed by atoms with Crippen molar-refractivity contribution in [2.24, 2.45) is 5.92 Å². The summed E-state index contributed by atoms with van der Waals surface area (Å²) in [6, 6.07) is 5.51. The van der Waals surface area contributed by atoms with Crippen LogP contribution < -0.4 is 5.32 Å². The second kappa shape index (κ2) is 7.82. The predicted molar refractivity (Wildman–Crippen MR) is 81.0 cm³/mol. The van der Waals surface area contributed by atoms with Crippen molar-refractivity contribution < 1.29 is 14.6 Å². The van der Waals surface area contributed by atoms with Crippen molar-refractivity contribution in [1.82, 2.24) is 5.32 Å². The molecule has 1 aromatic rings. The Labute approximate surface area is 125 Å². The van der Waals surface area contributed by atoms with Gasteiger partial charge in [0.15, 0.2) is 0 Å². The zero-order valence-electron chi connectivity index (χ0n) is 12.3. The molecule has 1 aromatic carbocycles. The van der Waals surface area contributed by atoms with E-state index < -0.39 is 0 Å². The van der Waals surface area contributed by atoms with Crippen molar-refractivity contribution in [3.8, 4) is 11.8 Å². The Kier molecular flexibility index (Phi) is 5.79. The molecule has 0 spiro atoms. The van der Waals surface area contributed by atoms with Crippen LogP contribution in [0.25, 0.3) is 0 Å². The van der Waals surface area contributed by atoms with Crippen LogP contribution in [0.2, 0.25) is 0 Å². The maximum atomic E-state index is 12.2. The van der Waals surface area contributed by atoms with Crippen LogP contribution in [0.1, 0.15) is 34.3 Å². The molecule has 0 unspecified atom stereocenters. The summed E-state index contributed by atoms with van der Waals surface area (Å²) in [4.78, 5) is 12.2. The summed E-state index contributed by atoms with van der Waals surface area (Å²) in [6.07, 6.45) is 2.53. The average molecular weight is 287 g/mol. The minimum atomic E-state index is -0.218. The molecule has 112 valence electrons. The van der Waals surface area contributed by atoms with E-state index in [0.717, 1.165) is 18.1 Å². The molecular weight excluding hydrogens is 266 g/mol. The summed E-state index contributed by atoms with van der Waals surface area (Å²) >= 11 is 0. The number of amides is 1. The second-order valence-electron chi connectivity index (χ2n) is 5.28. The maximum absolute atomic E-state index is 12.2. The summed E-state index contributed by atoms with van der Waals surface area (Å²) in [5.41, 5.74) is 2.17. The van der Waals surface area contributed by atoms with E-state index in [-0.39, 0.29) is 12.5 Å². The first-order valence-corrected chi connectivity index (χ1v) is 7.27. The largest absolute Gasteiger partial charge is 0.384 e. The van der Waals surface area contributed by atoms with E-state index in [1.54, 1.807) is 6.07 Å². The number of aryl methyl sites for hydroxylation is 1. The number of hydrogen-bond donors (Lipinski definition) is 2. The van der Waals surface area contributed by atoms with E-state index in [4.69, 9.17) is 9.84 Å². The molecule has 0 radical (unpaired) electrons. The number of rotatable bonds is 6. The minimum Gasteiger partial charge on any atom is -0.384 e. The Morgan fingerprint density at radius 1 is 1.48 bits per heavy atom. The average Bonchev–Trinajstić information content (AvgIpc) is 3.29. The zero-order chi connectivity index (χ0) is 15.1. The van der Waals surface area contributed by atoms with Crippen LogP contribution >= 0.6 is 0 Å². The number of carbonyl (C=O) groups excluding carboxylic acids is 1. The van der Waals surface area contributed by atoms with E-state index in [2.05, 4.69) is 17.2 Å². The first-order chi connectivity index (χ1) is 10.2. The lowest BCUT2D eigenvalue weighted by molar-refractivity contribution is 0.0906. The van der Waals surface area contributed by atoms with Crippen molar-refractivity contribution in [3.63, 3.8) is 0 Å². The lowest BCUT2D eigenvalue weighted by atomic mass is 10.0. The molecule has 1 aliphatic carbocycles. The molecule has 1 aliphatic rings. The molecule has 21 heavy (non-hydrogen) atoms. The number of benzene rings is 1. The number of aliphatic hydroxyl groups is 1. The van der Waals surface area contributed by atoms with Crippen LogP contribution in [0.4, 0.5) is 0 Å². The Balaban J connectivity index is 1.88. The van der Waals surface area contributed by atoms with Crippen molar-refractivity contribution >= 4 is 5.91 Å². The molecule has 1 saturated carbocycles. The third-order valence-corrected chi connectivity index (χ3v) is 3.30. The number of ether oxygens (including phenoxy) is 1. The second-order valence-corrected chi connectivity index (χ2v) is 5.28. The molecule has 2 rings (SSSR count). The molecule has 1 amide bonds. The van der Waals surface area contributed by atoms with Gasteiger partial charge in [0, 0.05) is 18.7 Å². The monoisotopic (exact) mass is 287 g/mol. The van der Waals surface area contributed by atoms with Gasteiger partial charge in [-0.05, 0) is 37.8 Å². The summed E-state index contributed by atoms with van der Waals surface area (Å²) in [5.74, 6) is 5.96. The highest BCUT2D eigenvalue weighted by Gasteiger charge is 2.20. The molecule has 0 aliphatic heterocycles. The quantitative estimate of drug-likeness (QED) is 0.616. The Bertz CT molecular complexity index is 553. The minimum absolute atomic E-state index is 0.157. The molecule has 0 aromatic heterocycles. The molecule has 4 heteroatoms. The number of aliphatic hydroxyl groups excluding tert-OH is 1. The highest BCUT2D eigenvalue weighted by atomic mass is 16.5. The first-order valence-electron chi connectivity index (χ1n) is 7.27. The summed E-state index contributed by atoms with van der Waals surface area (Å²) in [7, 11) is 0. The fourth-order valence-electron chi connectivity index (χ4n) is 1.96. The van der Waals surface area contributed by atoms with Gasteiger partial charge in [0.2, 0.25) is 0 Å². The maximum Gasteiger partial charge on any atom is 0.252 e. The van der Waals surface area contributed by atoms with Gasteiger partial charge < -0.3 is 15.2 Å². The first kappa shape index (κ1) is 15.6. The van der Waals surface area contributed by atoms with E-state index in [1.807, 2.05) is 19.1 Å². The fraction of sp³-hybridized carbons (Fsp3) is 0.471. The molecule has 1 fully saturated rings. The fourth-order valence-corrected chi connectivity index (χ4v) is 1.96. The summed E-state index contributed by atoms with van der Waals surface area (Å²) in [5, 5.41) is 11.6. The van der Waals surface area contributed by atoms with Crippen molar-refractivity contribution in [2.75, 3.05) is 26.4 Å². The third kappa shape index (κ3) is 5.22. The van der Waals surface area contributed by atoms with E-state index in [9.17, 15) is 4.79 Å². The Morgan fingerprint density at radius 3 is 3.00 bits per heavy atom. The number of hydrogen-bond acceptors (Lipinski definition) is 3. The molecule has 4 nitrogen and oxygen atoms in total.